The van der Waals surface area contributed by atoms with Crippen molar-refractivity contribution < 1.29 is 24.5 Å². The fourth-order valence-corrected chi connectivity index (χ4v) is 1.08. The van der Waals surface area contributed by atoms with E-state index >= 15 is 0 Å². The molecule has 76 valence electrons. The molecule has 0 saturated carbocycles. The Morgan fingerprint density at radius 1 is 1.29 bits per heavy atom. The molecule has 5 nitrogen and oxygen atoms in total. The van der Waals surface area contributed by atoms with E-state index in [4.69, 9.17) is 14.6 Å². The monoisotopic (exact) mass is 198 g/mol. The molecule has 0 saturated heterocycles. The third-order valence-electron chi connectivity index (χ3n) is 1.75. The average Bonchev–Trinajstić information content (AvgIpc) is 2.16. The Bertz CT molecular complexity index is 358. The second-order valence-electron chi connectivity index (χ2n) is 2.50. The van der Waals surface area contributed by atoms with Crippen LogP contribution in [0.25, 0.3) is 0 Å². The van der Waals surface area contributed by atoms with Crippen molar-refractivity contribution in [2.24, 2.45) is 0 Å². The number of methoxy groups -OCH3 is 2. The number of aromatic carboxylic acids is 1. The van der Waals surface area contributed by atoms with E-state index in [0.717, 1.165) is 0 Å². The molecular weight excluding hydrogens is 188 g/mol. The number of carboxylic acid groups (broad SMARTS) is 1. The maximum Gasteiger partial charge on any atom is 0.339 e. The first-order valence-electron chi connectivity index (χ1n) is 3.79. The zero-order valence-corrected chi connectivity index (χ0v) is 7.77. The molecule has 0 aliphatic carbocycles. The number of carbonyl (C=O) groups is 1. The van der Waals surface area contributed by atoms with Crippen LogP contribution in [-0.2, 0) is 0 Å². The van der Waals surface area contributed by atoms with Gasteiger partial charge in [0, 0.05) is 0 Å². The smallest absolute Gasteiger partial charge is 0.339 e. The molecule has 1 aromatic rings. The highest BCUT2D eigenvalue weighted by Crippen LogP contribution is 2.38. The molecule has 0 atom stereocenters. The van der Waals surface area contributed by atoms with Crippen molar-refractivity contribution in [3.05, 3.63) is 17.7 Å². The van der Waals surface area contributed by atoms with Gasteiger partial charge in [-0.3, -0.25) is 0 Å². The summed E-state index contributed by atoms with van der Waals surface area (Å²) < 4.78 is 9.69. The highest BCUT2D eigenvalue weighted by atomic mass is 16.5. The maximum absolute atomic E-state index is 10.6. The van der Waals surface area contributed by atoms with Gasteiger partial charge in [-0.2, -0.15) is 0 Å². The van der Waals surface area contributed by atoms with Crippen LogP contribution >= 0.6 is 0 Å². The lowest BCUT2D eigenvalue weighted by Crippen LogP contribution is -1.99. The van der Waals surface area contributed by atoms with Gasteiger partial charge >= 0.3 is 5.97 Å². The summed E-state index contributed by atoms with van der Waals surface area (Å²) >= 11 is 0. The molecule has 0 radical (unpaired) electrons. The van der Waals surface area contributed by atoms with E-state index in [-0.39, 0.29) is 17.1 Å². The fraction of sp³-hybridized carbons (Fsp3) is 0.222. The van der Waals surface area contributed by atoms with E-state index in [0.29, 0.717) is 0 Å². The number of phenols is 1. The number of rotatable bonds is 3. The van der Waals surface area contributed by atoms with E-state index in [1.165, 1.54) is 26.4 Å². The molecule has 0 aromatic heterocycles. The largest absolute Gasteiger partial charge is 0.504 e. The van der Waals surface area contributed by atoms with E-state index in [2.05, 4.69) is 0 Å². The van der Waals surface area contributed by atoms with E-state index in [1.807, 2.05) is 0 Å². The Morgan fingerprint density at radius 3 is 2.36 bits per heavy atom. The Balaban J connectivity index is 3.34. The molecular formula is C9H10O5. The van der Waals surface area contributed by atoms with Gasteiger partial charge in [0.25, 0.3) is 0 Å². The van der Waals surface area contributed by atoms with Gasteiger partial charge in [0.05, 0.1) is 14.2 Å². The van der Waals surface area contributed by atoms with Gasteiger partial charge < -0.3 is 19.7 Å². The second-order valence-corrected chi connectivity index (χ2v) is 2.50. The van der Waals surface area contributed by atoms with Gasteiger partial charge in [-0.05, 0) is 12.1 Å². The van der Waals surface area contributed by atoms with Gasteiger partial charge in [0.15, 0.2) is 11.5 Å². The third-order valence-corrected chi connectivity index (χ3v) is 1.75. The van der Waals surface area contributed by atoms with Gasteiger partial charge in [0.2, 0.25) is 5.75 Å². The number of ether oxygens (including phenoxy) is 2. The van der Waals surface area contributed by atoms with Gasteiger partial charge in [-0.15, -0.1) is 0 Å². The van der Waals surface area contributed by atoms with Crippen LogP contribution < -0.4 is 9.47 Å². The Morgan fingerprint density at radius 2 is 1.93 bits per heavy atom. The number of aromatic hydroxyl groups is 1. The maximum atomic E-state index is 10.6. The average molecular weight is 198 g/mol. The molecule has 0 heterocycles. The van der Waals surface area contributed by atoms with Crippen molar-refractivity contribution in [2.45, 2.75) is 0 Å². The van der Waals surface area contributed by atoms with Crippen LogP contribution in [0.4, 0.5) is 0 Å². The summed E-state index contributed by atoms with van der Waals surface area (Å²) in [6.45, 7) is 0. The Kier molecular flexibility index (Phi) is 2.81. The predicted octanol–water partition coefficient (Wildman–Crippen LogP) is 1.11. The van der Waals surface area contributed by atoms with Crippen molar-refractivity contribution in [1.82, 2.24) is 0 Å². The minimum Gasteiger partial charge on any atom is -0.504 e. The van der Waals surface area contributed by atoms with Gasteiger partial charge in [-0.25, -0.2) is 4.79 Å². The summed E-state index contributed by atoms with van der Waals surface area (Å²) in [6, 6.07) is 2.67. The zero-order valence-electron chi connectivity index (χ0n) is 7.77. The van der Waals surface area contributed by atoms with Crippen LogP contribution in [-0.4, -0.2) is 30.4 Å². The topological polar surface area (TPSA) is 76.0 Å². The summed E-state index contributed by atoms with van der Waals surface area (Å²) in [4.78, 5) is 10.6. The third kappa shape index (κ3) is 1.56. The lowest BCUT2D eigenvalue weighted by molar-refractivity contribution is 0.0693. The molecule has 0 fully saturated rings. The standard InChI is InChI=1S/C9H10O5/c1-13-6-4-3-5(9(11)12)7(10)8(6)14-2/h3-4,10H,1-2H3,(H,11,12). The Hall–Kier alpha value is -1.91. The summed E-state index contributed by atoms with van der Waals surface area (Å²) in [7, 11) is 2.72. The zero-order chi connectivity index (χ0) is 10.7. The molecule has 0 spiro atoms. The lowest BCUT2D eigenvalue weighted by Gasteiger charge is -2.10. The molecule has 1 rings (SSSR count). The first-order valence-corrected chi connectivity index (χ1v) is 3.79. The van der Waals surface area contributed by atoms with Crippen LogP contribution in [0.15, 0.2) is 12.1 Å². The van der Waals surface area contributed by atoms with E-state index in [1.54, 1.807) is 0 Å². The summed E-state index contributed by atoms with van der Waals surface area (Å²) in [6.07, 6.45) is 0. The molecule has 0 bridgehead atoms. The highest BCUT2D eigenvalue weighted by Gasteiger charge is 2.17. The summed E-state index contributed by atoms with van der Waals surface area (Å²) in [5, 5.41) is 18.2. The minimum absolute atomic E-state index is 0.0207. The Labute approximate surface area is 80.5 Å². The fourth-order valence-electron chi connectivity index (χ4n) is 1.08. The van der Waals surface area contributed by atoms with Crippen molar-refractivity contribution in [1.29, 1.82) is 0 Å². The normalized spacial score (nSPS) is 9.57. The highest BCUT2D eigenvalue weighted by molar-refractivity contribution is 5.92. The molecule has 0 amide bonds. The molecule has 0 aliphatic rings. The number of benzene rings is 1. The molecule has 0 unspecified atom stereocenters. The first-order chi connectivity index (χ1) is 6.61. The van der Waals surface area contributed by atoms with E-state index in [9.17, 15) is 9.90 Å². The summed E-state index contributed by atoms with van der Waals surface area (Å²) in [5.74, 6) is -1.34. The summed E-state index contributed by atoms with van der Waals surface area (Å²) in [5.41, 5.74) is -0.220. The van der Waals surface area contributed by atoms with Crippen molar-refractivity contribution in [3.63, 3.8) is 0 Å². The second kappa shape index (κ2) is 3.87. The van der Waals surface area contributed by atoms with Crippen LogP contribution in [0.3, 0.4) is 0 Å². The quantitative estimate of drug-likeness (QED) is 0.760. The minimum atomic E-state index is -1.22. The van der Waals surface area contributed by atoms with Crippen LogP contribution in [0, 0.1) is 0 Å². The molecule has 1 aromatic carbocycles. The van der Waals surface area contributed by atoms with Gasteiger partial charge in [0.1, 0.15) is 5.56 Å². The molecule has 0 aliphatic heterocycles. The number of carboxylic acids is 1. The van der Waals surface area contributed by atoms with Crippen LogP contribution in [0.2, 0.25) is 0 Å². The first kappa shape index (κ1) is 10.2. The number of hydrogen-bond acceptors (Lipinski definition) is 4. The van der Waals surface area contributed by atoms with Crippen molar-refractivity contribution in [3.8, 4) is 17.2 Å². The lowest BCUT2D eigenvalue weighted by atomic mass is 10.2. The van der Waals surface area contributed by atoms with Crippen LogP contribution in [0.5, 0.6) is 17.2 Å². The van der Waals surface area contributed by atoms with Crippen LogP contribution in [0.1, 0.15) is 10.4 Å². The van der Waals surface area contributed by atoms with Crippen molar-refractivity contribution >= 4 is 5.97 Å². The number of hydrogen-bond donors (Lipinski definition) is 2. The van der Waals surface area contributed by atoms with Gasteiger partial charge in [-0.1, -0.05) is 0 Å². The van der Waals surface area contributed by atoms with E-state index < -0.39 is 11.7 Å². The molecule has 2 N–H and O–H groups in total. The predicted molar refractivity (Wildman–Crippen MR) is 48.2 cm³/mol. The molecule has 14 heavy (non-hydrogen) atoms. The molecule has 5 heteroatoms. The SMILES string of the molecule is COc1ccc(C(=O)O)c(O)c1OC. The van der Waals surface area contributed by atoms with Crippen molar-refractivity contribution in [2.75, 3.05) is 14.2 Å².